The van der Waals surface area contributed by atoms with Gasteiger partial charge in [0, 0.05) is 25.0 Å². The number of halogens is 3. The molecule has 22 heavy (non-hydrogen) atoms. The summed E-state index contributed by atoms with van der Waals surface area (Å²) in [5.74, 6) is 0.620. The number of ether oxygens (including phenoxy) is 1. The van der Waals surface area contributed by atoms with Crippen LogP contribution >= 0.6 is 0 Å². The van der Waals surface area contributed by atoms with E-state index in [4.69, 9.17) is 0 Å². The maximum atomic E-state index is 12.2. The van der Waals surface area contributed by atoms with Crippen molar-refractivity contribution in [1.29, 1.82) is 0 Å². The minimum absolute atomic E-state index is 0.228. The van der Waals surface area contributed by atoms with E-state index in [1.807, 2.05) is 6.07 Å². The predicted molar refractivity (Wildman–Crippen MR) is 78.1 cm³/mol. The van der Waals surface area contributed by atoms with Crippen LogP contribution in [0.25, 0.3) is 10.9 Å². The molecule has 0 radical (unpaired) electrons. The predicted octanol–water partition coefficient (Wildman–Crippen LogP) is 2.93. The van der Waals surface area contributed by atoms with Gasteiger partial charge in [-0.2, -0.15) is 0 Å². The minimum Gasteiger partial charge on any atom is -0.406 e. The fraction of sp³-hybridized carbons (Fsp3) is 0.400. The molecular formula is C15H16F3N3O. The van der Waals surface area contributed by atoms with Crippen molar-refractivity contribution >= 4 is 16.7 Å². The van der Waals surface area contributed by atoms with Crippen LogP contribution in [0.4, 0.5) is 19.0 Å². The lowest BCUT2D eigenvalue weighted by Gasteiger charge is -2.21. The van der Waals surface area contributed by atoms with Crippen LogP contribution in [0.3, 0.4) is 0 Å². The number of pyridine rings is 1. The van der Waals surface area contributed by atoms with Crippen LogP contribution in [0.2, 0.25) is 0 Å². The molecule has 2 aromatic rings. The van der Waals surface area contributed by atoms with Crippen LogP contribution in [-0.4, -0.2) is 37.5 Å². The zero-order valence-electron chi connectivity index (χ0n) is 11.9. The standard InChI is InChI=1S/C15H16F3N3O/c16-15(17,18)22-12-3-4-13-11(10-12)2-5-14(20-13)21-8-1-6-19-7-9-21/h2-5,10,19H,1,6-9H2. The molecule has 1 aliphatic rings. The molecule has 1 N–H and O–H groups in total. The van der Waals surface area contributed by atoms with E-state index in [9.17, 15) is 13.2 Å². The molecule has 0 bridgehead atoms. The Balaban J connectivity index is 1.85. The molecule has 7 heteroatoms. The fourth-order valence-corrected chi connectivity index (χ4v) is 2.54. The van der Waals surface area contributed by atoms with Crippen molar-refractivity contribution in [3.63, 3.8) is 0 Å². The van der Waals surface area contributed by atoms with Crippen molar-refractivity contribution < 1.29 is 17.9 Å². The Morgan fingerprint density at radius 1 is 1.09 bits per heavy atom. The topological polar surface area (TPSA) is 37.4 Å². The average molecular weight is 311 g/mol. The smallest absolute Gasteiger partial charge is 0.406 e. The number of anilines is 1. The maximum absolute atomic E-state index is 12.2. The first-order valence-corrected chi connectivity index (χ1v) is 7.13. The average Bonchev–Trinajstić information content (AvgIpc) is 2.74. The van der Waals surface area contributed by atoms with E-state index in [-0.39, 0.29) is 5.75 Å². The second-order valence-electron chi connectivity index (χ2n) is 5.16. The number of aromatic nitrogens is 1. The van der Waals surface area contributed by atoms with Gasteiger partial charge in [0.1, 0.15) is 11.6 Å². The largest absolute Gasteiger partial charge is 0.573 e. The quantitative estimate of drug-likeness (QED) is 0.925. The monoisotopic (exact) mass is 311 g/mol. The summed E-state index contributed by atoms with van der Waals surface area (Å²) in [6.07, 6.45) is -3.64. The minimum atomic E-state index is -4.68. The van der Waals surface area contributed by atoms with Gasteiger partial charge in [-0.05, 0) is 43.3 Å². The van der Waals surface area contributed by atoms with Gasteiger partial charge in [-0.15, -0.1) is 13.2 Å². The first kappa shape index (κ1) is 14.9. The second kappa shape index (κ2) is 6.00. The van der Waals surface area contributed by atoms with Gasteiger partial charge in [-0.25, -0.2) is 4.98 Å². The van der Waals surface area contributed by atoms with Gasteiger partial charge < -0.3 is 15.0 Å². The Labute approximate surface area is 125 Å². The van der Waals surface area contributed by atoms with Gasteiger partial charge in [0.05, 0.1) is 5.52 Å². The molecule has 3 rings (SSSR count). The molecule has 118 valence electrons. The van der Waals surface area contributed by atoms with E-state index >= 15 is 0 Å². The number of alkyl halides is 3. The highest BCUT2D eigenvalue weighted by Gasteiger charge is 2.31. The highest BCUT2D eigenvalue weighted by molar-refractivity contribution is 5.81. The Morgan fingerprint density at radius 3 is 2.77 bits per heavy atom. The zero-order chi connectivity index (χ0) is 15.6. The van der Waals surface area contributed by atoms with Crippen molar-refractivity contribution in [2.24, 2.45) is 0 Å². The van der Waals surface area contributed by atoms with Gasteiger partial charge in [0.25, 0.3) is 0 Å². The molecule has 2 heterocycles. The summed E-state index contributed by atoms with van der Waals surface area (Å²) in [4.78, 5) is 6.72. The lowest BCUT2D eigenvalue weighted by Crippen LogP contribution is -2.28. The fourth-order valence-electron chi connectivity index (χ4n) is 2.54. The molecule has 0 unspecified atom stereocenters. The molecule has 0 amide bonds. The van der Waals surface area contributed by atoms with Crippen molar-refractivity contribution in [1.82, 2.24) is 10.3 Å². The summed E-state index contributed by atoms with van der Waals surface area (Å²) in [7, 11) is 0. The number of benzene rings is 1. The first-order valence-electron chi connectivity index (χ1n) is 7.13. The Morgan fingerprint density at radius 2 is 1.95 bits per heavy atom. The molecule has 1 aliphatic heterocycles. The van der Waals surface area contributed by atoms with E-state index in [0.717, 1.165) is 38.4 Å². The molecule has 1 fully saturated rings. The number of nitrogens with zero attached hydrogens (tertiary/aromatic N) is 2. The summed E-state index contributed by atoms with van der Waals surface area (Å²) in [6, 6.07) is 7.81. The Hall–Kier alpha value is -2.02. The van der Waals surface area contributed by atoms with Crippen LogP contribution in [0.1, 0.15) is 6.42 Å². The molecular weight excluding hydrogens is 295 g/mol. The number of hydrogen-bond acceptors (Lipinski definition) is 4. The molecule has 0 saturated carbocycles. The van der Waals surface area contributed by atoms with Gasteiger partial charge >= 0.3 is 6.36 Å². The third-order valence-electron chi connectivity index (χ3n) is 3.54. The van der Waals surface area contributed by atoms with Crippen molar-refractivity contribution in [3.8, 4) is 5.75 Å². The van der Waals surface area contributed by atoms with E-state index in [1.54, 1.807) is 12.1 Å². The van der Waals surface area contributed by atoms with E-state index in [0.29, 0.717) is 10.9 Å². The van der Waals surface area contributed by atoms with Crippen LogP contribution in [0, 0.1) is 0 Å². The van der Waals surface area contributed by atoms with Crippen molar-refractivity contribution in [2.75, 3.05) is 31.1 Å². The van der Waals surface area contributed by atoms with Gasteiger partial charge in [0.15, 0.2) is 0 Å². The lowest BCUT2D eigenvalue weighted by atomic mass is 10.2. The normalized spacial score (nSPS) is 16.6. The lowest BCUT2D eigenvalue weighted by molar-refractivity contribution is -0.274. The number of hydrogen-bond donors (Lipinski definition) is 1. The summed E-state index contributed by atoms with van der Waals surface area (Å²) < 4.78 is 40.6. The maximum Gasteiger partial charge on any atom is 0.573 e. The van der Waals surface area contributed by atoms with Crippen LogP contribution in [0.5, 0.6) is 5.75 Å². The number of rotatable bonds is 2. The second-order valence-corrected chi connectivity index (χ2v) is 5.16. The molecule has 1 aromatic carbocycles. The Kier molecular flexibility index (Phi) is 4.06. The summed E-state index contributed by atoms with van der Waals surface area (Å²) in [6.45, 7) is 3.68. The van der Waals surface area contributed by atoms with Crippen LogP contribution in [-0.2, 0) is 0 Å². The summed E-state index contributed by atoms with van der Waals surface area (Å²) in [5, 5.41) is 3.94. The zero-order valence-corrected chi connectivity index (χ0v) is 11.9. The number of nitrogens with one attached hydrogen (secondary N) is 1. The van der Waals surface area contributed by atoms with Crippen molar-refractivity contribution in [2.45, 2.75) is 12.8 Å². The molecule has 1 aromatic heterocycles. The summed E-state index contributed by atoms with van der Waals surface area (Å²) in [5.41, 5.74) is 0.657. The molecule has 0 aliphatic carbocycles. The van der Waals surface area contributed by atoms with Crippen molar-refractivity contribution in [3.05, 3.63) is 30.3 Å². The number of fused-ring (bicyclic) bond motifs is 1. The van der Waals surface area contributed by atoms with Crippen LogP contribution < -0.4 is 15.0 Å². The highest BCUT2D eigenvalue weighted by atomic mass is 19.4. The van der Waals surface area contributed by atoms with E-state index < -0.39 is 6.36 Å². The summed E-state index contributed by atoms with van der Waals surface area (Å²) >= 11 is 0. The molecule has 0 spiro atoms. The first-order chi connectivity index (χ1) is 10.5. The van der Waals surface area contributed by atoms with Crippen LogP contribution in [0.15, 0.2) is 30.3 Å². The van der Waals surface area contributed by atoms with Gasteiger partial charge in [0.2, 0.25) is 0 Å². The molecule has 0 atom stereocenters. The van der Waals surface area contributed by atoms with Gasteiger partial charge in [-0.1, -0.05) is 0 Å². The van der Waals surface area contributed by atoms with E-state index in [1.165, 1.54) is 12.1 Å². The molecule has 1 saturated heterocycles. The van der Waals surface area contributed by atoms with Gasteiger partial charge in [-0.3, -0.25) is 0 Å². The Bertz CT molecular complexity index is 652. The third kappa shape index (κ3) is 3.59. The van der Waals surface area contributed by atoms with E-state index in [2.05, 4.69) is 19.9 Å². The molecule has 4 nitrogen and oxygen atoms in total. The highest BCUT2D eigenvalue weighted by Crippen LogP contribution is 2.27. The SMILES string of the molecule is FC(F)(F)Oc1ccc2nc(N3CCCNCC3)ccc2c1. The third-order valence-corrected chi connectivity index (χ3v) is 3.54.